The van der Waals surface area contributed by atoms with E-state index in [1.807, 2.05) is 48.5 Å². The van der Waals surface area contributed by atoms with Crippen molar-refractivity contribution in [1.29, 1.82) is 0 Å². The Labute approximate surface area is 131 Å². The van der Waals surface area contributed by atoms with E-state index in [1.54, 1.807) is 0 Å². The van der Waals surface area contributed by atoms with Crippen molar-refractivity contribution in [2.24, 2.45) is 0 Å². The van der Waals surface area contributed by atoms with Gasteiger partial charge in [-0.1, -0.05) is 66.7 Å². The summed E-state index contributed by atoms with van der Waals surface area (Å²) in [5.74, 6) is 0. The van der Waals surface area contributed by atoms with Gasteiger partial charge in [-0.2, -0.15) is 0 Å². The standard InChI is InChI=1S/C20H20N2/c21-19-12-11-17(13-15-7-3-1-4-8-15)20(22)18(19)14-16-9-5-2-6-10-16/h1-12H,13-14,21-22H2. The zero-order valence-electron chi connectivity index (χ0n) is 12.5. The molecule has 0 saturated heterocycles. The smallest absolute Gasteiger partial charge is 0.0406 e. The van der Waals surface area contributed by atoms with E-state index in [0.29, 0.717) is 0 Å². The summed E-state index contributed by atoms with van der Waals surface area (Å²) in [5.41, 5.74) is 18.8. The minimum atomic E-state index is 0.762. The predicted molar refractivity (Wildman–Crippen MR) is 93.8 cm³/mol. The lowest BCUT2D eigenvalue weighted by molar-refractivity contribution is 1.15. The highest BCUT2D eigenvalue weighted by molar-refractivity contribution is 5.67. The van der Waals surface area contributed by atoms with Crippen LogP contribution in [0.5, 0.6) is 0 Å². The van der Waals surface area contributed by atoms with Crippen molar-refractivity contribution in [3.05, 3.63) is 95.1 Å². The Kier molecular flexibility index (Phi) is 4.10. The first-order valence-corrected chi connectivity index (χ1v) is 7.47. The molecule has 3 aromatic carbocycles. The molecule has 0 fully saturated rings. The summed E-state index contributed by atoms with van der Waals surface area (Å²) < 4.78 is 0. The summed E-state index contributed by atoms with van der Waals surface area (Å²) >= 11 is 0. The zero-order chi connectivity index (χ0) is 15.4. The minimum absolute atomic E-state index is 0.762. The number of nitrogen functional groups attached to an aromatic ring is 2. The van der Waals surface area contributed by atoms with Gasteiger partial charge in [0.2, 0.25) is 0 Å². The number of anilines is 2. The maximum atomic E-state index is 6.40. The lowest BCUT2D eigenvalue weighted by Gasteiger charge is -2.14. The molecule has 0 aliphatic heterocycles. The van der Waals surface area contributed by atoms with Gasteiger partial charge in [0.15, 0.2) is 0 Å². The van der Waals surface area contributed by atoms with Crippen LogP contribution in [-0.4, -0.2) is 0 Å². The fourth-order valence-electron chi connectivity index (χ4n) is 2.70. The third-order valence-electron chi connectivity index (χ3n) is 3.94. The molecule has 2 heteroatoms. The SMILES string of the molecule is Nc1ccc(Cc2ccccc2)c(N)c1Cc1ccccc1. The van der Waals surface area contributed by atoms with Crippen LogP contribution in [0, 0.1) is 0 Å². The number of benzene rings is 3. The molecule has 0 heterocycles. The van der Waals surface area contributed by atoms with Gasteiger partial charge in [0.25, 0.3) is 0 Å². The number of rotatable bonds is 4. The predicted octanol–water partition coefficient (Wildman–Crippen LogP) is 4.03. The van der Waals surface area contributed by atoms with E-state index in [9.17, 15) is 0 Å². The summed E-state index contributed by atoms with van der Waals surface area (Å²) in [6.45, 7) is 0. The van der Waals surface area contributed by atoms with Gasteiger partial charge in [0, 0.05) is 23.4 Å². The van der Waals surface area contributed by atoms with Crippen LogP contribution in [0.2, 0.25) is 0 Å². The van der Waals surface area contributed by atoms with Gasteiger partial charge in [0.05, 0.1) is 0 Å². The van der Waals surface area contributed by atoms with Crippen LogP contribution in [0.4, 0.5) is 11.4 Å². The molecule has 3 aromatic rings. The molecule has 0 aliphatic carbocycles. The molecule has 0 aromatic heterocycles. The normalized spacial score (nSPS) is 10.5. The number of hydrogen-bond acceptors (Lipinski definition) is 2. The number of hydrogen-bond donors (Lipinski definition) is 2. The van der Waals surface area contributed by atoms with E-state index in [-0.39, 0.29) is 0 Å². The van der Waals surface area contributed by atoms with Crippen LogP contribution in [0.15, 0.2) is 72.8 Å². The molecule has 0 bridgehead atoms. The molecule has 2 nitrogen and oxygen atoms in total. The molecule has 0 radical (unpaired) electrons. The van der Waals surface area contributed by atoms with Crippen molar-refractivity contribution < 1.29 is 0 Å². The van der Waals surface area contributed by atoms with E-state index < -0.39 is 0 Å². The van der Waals surface area contributed by atoms with Crippen LogP contribution < -0.4 is 11.5 Å². The Morgan fingerprint density at radius 3 is 1.73 bits per heavy atom. The van der Waals surface area contributed by atoms with Crippen LogP contribution in [-0.2, 0) is 12.8 Å². The molecule has 4 N–H and O–H groups in total. The van der Waals surface area contributed by atoms with Crippen molar-refractivity contribution in [1.82, 2.24) is 0 Å². The summed E-state index contributed by atoms with van der Waals surface area (Å²) in [6.07, 6.45) is 1.59. The fourth-order valence-corrected chi connectivity index (χ4v) is 2.70. The average Bonchev–Trinajstić information content (AvgIpc) is 2.56. The molecule has 22 heavy (non-hydrogen) atoms. The Balaban J connectivity index is 1.92. The Hall–Kier alpha value is -2.74. The highest BCUT2D eigenvalue weighted by Gasteiger charge is 2.10. The van der Waals surface area contributed by atoms with Crippen molar-refractivity contribution in [3.63, 3.8) is 0 Å². The molecule has 0 unspecified atom stereocenters. The second-order valence-electron chi connectivity index (χ2n) is 5.53. The van der Waals surface area contributed by atoms with E-state index in [4.69, 9.17) is 11.5 Å². The van der Waals surface area contributed by atoms with Gasteiger partial charge in [-0.25, -0.2) is 0 Å². The van der Waals surface area contributed by atoms with E-state index >= 15 is 0 Å². The fraction of sp³-hybridized carbons (Fsp3) is 0.100. The monoisotopic (exact) mass is 288 g/mol. The van der Waals surface area contributed by atoms with E-state index in [0.717, 1.165) is 35.3 Å². The van der Waals surface area contributed by atoms with Gasteiger partial charge in [-0.05, 0) is 29.2 Å². The van der Waals surface area contributed by atoms with Gasteiger partial charge < -0.3 is 11.5 Å². The molecule has 0 atom stereocenters. The zero-order valence-corrected chi connectivity index (χ0v) is 12.5. The Morgan fingerprint density at radius 2 is 1.14 bits per heavy atom. The van der Waals surface area contributed by atoms with Gasteiger partial charge in [-0.15, -0.1) is 0 Å². The third-order valence-corrected chi connectivity index (χ3v) is 3.94. The maximum Gasteiger partial charge on any atom is 0.0406 e. The maximum absolute atomic E-state index is 6.40. The second-order valence-corrected chi connectivity index (χ2v) is 5.53. The highest BCUT2D eigenvalue weighted by atomic mass is 14.6. The molecule has 0 amide bonds. The first-order valence-electron chi connectivity index (χ1n) is 7.47. The molecule has 0 saturated carbocycles. The molecule has 110 valence electrons. The molecule has 0 aliphatic rings. The van der Waals surface area contributed by atoms with Crippen LogP contribution in [0.3, 0.4) is 0 Å². The van der Waals surface area contributed by atoms with E-state index in [1.165, 1.54) is 11.1 Å². The summed E-state index contributed by atoms with van der Waals surface area (Å²) in [5, 5.41) is 0. The van der Waals surface area contributed by atoms with Crippen LogP contribution in [0.1, 0.15) is 22.3 Å². The van der Waals surface area contributed by atoms with Crippen molar-refractivity contribution >= 4 is 11.4 Å². The Bertz CT molecular complexity index is 749. The second kappa shape index (κ2) is 6.35. The highest BCUT2D eigenvalue weighted by Crippen LogP contribution is 2.28. The molecule has 0 spiro atoms. The quantitative estimate of drug-likeness (QED) is 0.712. The largest absolute Gasteiger partial charge is 0.398 e. The van der Waals surface area contributed by atoms with Gasteiger partial charge in [0.1, 0.15) is 0 Å². The summed E-state index contributed by atoms with van der Waals surface area (Å²) in [4.78, 5) is 0. The van der Waals surface area contributed by atoms with Crippen molar-refractivity contribution in [2.75, 3.05) is 11.5 Å². The minimum Gasteiger partial charge on any atom is -0.398 e. The molecular formula is C20H20N2. The average molecular weight is 288 g/mol. The van der Waals surface area contributed by atoms with Crippen molar-refractivity contribution in [3.8, 4) is 0 Å². The van der Waals surface area contributed by atoms with Gasteiger partial charge in [-0.3, -0.25) is 0 Å². The molecule has 3 rings (SSSR count). The number of nitrogens with two attached hydrogens (primary N) is 2. The van der Waals surface area contributed by atoms with Crippen molar-refractivity contribution in [2.45, 2.75) is 12.8 Å². The lowest BCUT2D eigenvalue weighted by Crippen LogP contribution is -2.05. The van der Waals surface area contributed by atoms with Crippen LogP contribution in [0.25, 0.3) is 0 Å². The molecular weight excluding hydrogens is 268 g/mol. The van der Waals surface area contributed by atoms with E-state index in [2.05, 4.69) is 24.3 Å². The van der Waals surface area contributed by atoms with Gasteiger partial charge >= 0.3 is 0 Å². The van der Waals surface area contributed by atoms with Crippen LogP contribution >= 0.6 is 0 Å². The Morgan fingerprint density at radius 1 is 0.591 bits per heavy atom. The topological polar surface area (TPSA) is 52.0 Å². The summed E-state index contributed by atoms with van der Waals surface area (Å²) in [6, 6.07) is 24.6. The summed E-state index contributed by atoms with van der Waals surface area (Å²) in [7, 11) is 0. The third kappa shape index (κ3) is 3.12. The first kappa shape index (κ1) is 14.2. The lowest BCUT2D eigenvalue weighted by atomic mass is 9.95. The first-order chi connectivity index (χ1) is 10.7.